The second kappa shape index (κ2) is 13.5. The monoisotopic (exact) mass is 476 g/mol. The van der Waals surface area contributed by atoms with E-state index in [1.54, 1.807) is 12.4 Å². The molecular weight excluding hydrogens is 444 g/mol. The van der Waals surface area contributed by atoms with Crippen LogP contribution in [0.3, 0.4) is 0 Å². The molecule has 2 heterocycles. The number of hydrogen-bond acceptors (Lipinski definition) is 8. The summed E-state index contributed by atoms with van der Waals surface area (Å²) in [7, 11) is 0. The third kappa shape index (κ3) is 8.58. The van der Waals surface area contributed by atoms with Crippen LogP contribution in [0.2, 0.25) is 0 Å². The first-order valence-corrected chi connectivity index (χ1v) is 11.7. The van der Waals surface area contributed by atoms with Gasteiger partial charge in [-0.2, -0.15) is 4.98 Å². The Morgan fingerprint density at radius 2 is 1.71 bits per heavy atom. The molecule has 2 amide bonds. The molecule has 5 N–H and O–H groups in total. The second-order valence-corrected chi connectivity index (χ2v) is 7.86. The highest BCUT2D eigenvalue weighted by atomic mass is 16.2. The molecule has 0 spiro atoms. The van der Waals surface area contributed by atoms with E-state index >= 15 is 0 Å². The summed E-state index contributed by atoms with van der Waals surface area (Å²) in [6.07, 6.45) is 6.76. The highest BCUT2D eigenvalue weighted by Gasteiger charge is 2.15. The van der Waals surface area contributed by atoms with Gasteiger partial charge in [0.05, 0.1) is 0 Å². The minimum Gasteiger partial charge on any atom is -0.383 e. The van der Waals surface area contributed by atoms with Gasteiger partial charge in [-0.15, -0.1) is 0 Å². The Hall–Kier alpha value is -4.21. The molecule has 0 radical (unpaired) electrons. The Labute approximate surface area is 205 Å². The van der Waals surface area contributed by atoms with Crippen LogP contribution < -0.4 is 26.6 Å². The number of anilines is 4. The van der Waals surface area contributed by atoms with Crippen molar-refractivity contribution in [2.24, 2.45) is 0 Å². The number of amides is 2. The minimum atomic E-state index is -0.303. The maximum atomic E-state index is 13.0. The third-order valence-corrected chi connectivity index (χ3v) is 4.97. The lowest BCUT2D eigenvalue weighted by atomic mass is 10.2. The van der Waals surface area contributed by atoms with Gasteiger partial charge in [-0.1, -0.05) is 13.0 Å². The van der Waals surface area contributed by atoms with Gasteiger partial charge in [0.15, 0.2) is 0 Å². The molecule has 1 aromatic carbocycles. The number of nitrogens with zero attached hydrogens (tertiary/aromatic N) is 3. The largest absolute Gasteiger partial charge is 0.383 e. The molecule has 35 heavy (non-hydrogen) atoms. The van der Waals surface area contributed by atoms with Crippen molar-refractivity contribution < 1.29 is 9.59 Å². The summed E-state index contributed by atoms with van der Waals surface area (Å²) >= 11 is 0. The zero-order valence-corrected chi connectivity index (χ0v) is 20.1. The summed E-state index contributed by atoms with van der Waals surface area (Å²) in [5.41, 5.74) is 3.00. The van der Waals surface area contributed by atoms with E-state index in [0.717, 1.165) is 18.5 Å². The van der Waals surface area contributed by atoms with Gasteiger partial charge < -0.3 is 26.6 Å². The molecule has 0 aliphatic rings. The quantitative estimate of drug-likeness (QED) is 0.238. The van der Waals surface area contributed by atoms with Crippen LogP contribution in [0.15, 0.2) is 55.0 Å². The van der Waals surface area contributed by atoms with E-state index in [2.05, 4.69) is 41.5 Å². The van der Waals surface area contributed by atoms with Crippen molar-refractivity contribution in [2.45, 2.75) is 26.7 Å². The number of carbonyl (C=O) groups excluding carboxylic acids is 2. The van der Waals surface area contributed by atoms with Crippen molar-refractivity contribution in [1.82, 2.24) is 20.3 Å². The van der Waals surface area contributed by atoms with Gasteiger partial charge in [0.1, 0.15) is 11.4 Å². The lowest BCUT2D eigenvalue weighted by molar-refractivity contribution is -0.118. The van der Waals surface area contributed by atoms with Crippen LogP contribution in [0.25, 0.3) is 0 Å². The zero-order chi connectivity index (χ0) is 24.9. The smallest absolute Gasteiger partial charge is 0.260 e. The van der Waals surface area contributed by atoms with Crippen LogP contribution in [-0.2, 0) is 11.2 Å². The Bertz CT molecular complexity index is 1110. The Kier molecular flexibility index (Phi) is 9.79. The Balaban J connectivity index is 1.63. The first-order chi connectivity index (χ1) is 17.0. The molecule has 3 aromatic rings. The maximum absolute atomic E-state index is 13.0. The lowest BCUT2D eigenvalue weighted by Gasteiger charge is -2.13. The highest BCUT2D eigenvalue weighted by molar-refractivity contribution is 6.07. The average Bonchev–Trinajstić information content (AvgIpc) is 2.86. The fraction of sp³-hybridized carbons (Fsp3) is 0.320. The van der Waals surface area contributed by atoms with E-state index in [1.807, 2.05) is 43.3 Å². The summed E-state index contributed by atoms with van der Waals surface area (Å²) in [4.78, 5) is 36.9. The lowest BCUT2D eigenvalue weighted by Crippen LogP contribution is -2.26. The summed E-state index contributed by atoms with van der Waals surface area (Å²) in [6, 6.07) is 11.3. The number of hydrogen-bond donors (Lipinski definition) is 5. The van der Waals surface area contributed by atoms with Crippen molar-refractivity contribution in [3.05, 3.63) is 66.1 Å². The summed E-state index contributed by atoms with van der Waals surface area (Å²) in [5, 5.41) is 15.3. The van der Waals surface area contributed by atoms with Crippen LogP contribution in [-0.4, -0.2) is 52.9 Å². The predicted molar refractivity (Wildman–Crippen MR) is 139 cm³/mol. The second-order valence-electron chi connectivity index (χ2n) is 7.86. The Morgan fingerprint density at radius 3 is 2.49 bits per heavy atom. The number of pyridine rings is 1. The molecule has 0 saturated heterocycles. The van der Waals surface area contributed by atoms with E-state index in [-0.39, 0.29) is 11.8 Å². The van der Waals surface area contributed by atoms with Crippen molar-refractivity contribution in [2.75, 3.05) is 47.4 Å². The zero-order valence-electron chi connectivity index (χ0n) is 20.1. The predicted octanol–water partition coefficient (Wildman–Crippen LogP) is 3.15. The van der Waals surface area contributed by atoms with Crippen LogP contribution in [0.5, 0.6) is 0 Å². The van der Waals surface area contributed by atoms with E-state index in [9.17, 15) is 9.59 Å². The van der Waals surface area contributed by atoms with E-state index in [0.29, 0.717) is 49.2 Å². The number of aromatic nitrogens is 3. The van der Waals surface area contributed by atoms with Crippen LogP contribution >= 0.6 is 0 Å². The van der Waals surface area contributed by atoms with Gasteiger partial charge in [-0.25, -0.2) is 4.98 Å². The van der Waals surface area contributed by atoms with Crippen molar-refractivity contribution in [3.63, 3.8) is 0 Å². The number of carbonyl (C=O) groups is 2. The van der Waals surface area contributed by atoms with Crippen molar-refractivity contribution in [3.8, 4) is 0 Å². The van der Waals surface area contributed by atoms with Crippen LogP contribution in [0.1, 0.15) is 36.2 Å². The summed E-state index contributed by atoms with van der Waals surface area (Å²) < 4.78 is 0. The van der Waals surface area contributed by atoms with Gasteiger partial charge in [0, 0.05) is 63.1 Å². The number of benzene rings is 1. The number of nitrogens with one attached hydrogen (secondary N) is 5. The molecule has 10 nitrogen and oxygen atoms in total. The fourth-order valence-corrected chi connectivity index (χ4v) is 3.23. The highest BCUT2D eigenvalue weighted by Crippen LogP contribution is 2.19. The van der Waals surface area contributed by atoms with Gasteiger partial charge in [0.2, 0.25) is 11.9 Å². The molecule has 0 fully saturated rings. The van der Waals surface area contributed by atoms with Crippen LogP contribution in [0.4, 0.5) is 23.1 Å². The SMILES string of the molecule is CCCNc1nc(NCCc2ccncc2)ncc1C(=O)Nc1cccc(NCCNC(C)=O)c1. The molecule has 10 heteroatoms. The molecule has 3 rings (SSSR count). The molecule has 0 bridgehead atoms. The van der Waals surface area contributed by atoms with E-state index < -0.39 is 0 Å². The minimum absolute atomic E-state index is 0.0718. The van der Waals surface area contributed by atoms with Crippen molar-refractivity contribution >= 4 is 35.0 Å². The molecule has 0 unspecified atom stereocenters. The average molecular weight is 477 g/mol. The fourth-order valence-electron chi connectivity index (χ4n) is 3.23. The Morgan fingerprint density at radius 1 is 0.914 bits per heavy atom. The van der Waals surface area contributed by atoms with E-state index in [4.69, 9.17) is 0 Å². The molecule has 0 saturated carbocycles. The standard InChI is InChI=1S/C25H32N8O2/c1-3-10-29-23-22(17-31-25(33-23)30-13-9-19-7-11-26-12-8-19)24(35)32-21-6-4-5-20(16-21)28-15-14-27-18(2)34/h4-8,11-12,16-17,28H,3,9-10,13-15H2,1-2H3,(H,27,34)(H,32,35)(H2,29,30,31,33). The van der Waals surface area contributed by atoms with Gasteiger partial charge in [-0.05, 0) is 48.7 Å². The van der Waals surface area contributed by atoms with Crippen molar-refractivity contribution in [1.29, 1.82) is 0 Å². The molecule has 184 valence electrons. The van der Waals surface area contributed by atoms with E-state index in [1.165, 1.54) is 18.7 Å². The summed E-state index contributed by atoms with van der Waals surface area (Å²) in [5.74, 6) is 0.565. The maximum Gasteiger partial charge on any atom is 0.260 e. The van der Waals surface area contributed by atoms with Crippen LogP contribution in [0, 0.1) is 0 Å². The normalized spacial score (nSPS) is 10.3. The topological polar surface area (TPSA) is 133 Å². The first-order valence-electron chi connectivity index (χ1n) is 11.7. The molecular formula is C25H32N8O2. The molecule has 0 aliphatic carbocycles. The first kappa shape index (κ1) is 25.4. The number of rotatable bonds is 13. The van der Waals surface area contributed by atoms with Gasteiger partial charge in [-0.3, -0.25) is 14.6 Å². The van der Waals surface area contributed by atoms with Gasteiger partial charge in [0.25, 0.3) is 5.91 Å². The molecule has 0 atom stereocenters. The summed E-state index contributed by atoms with van der Waals surface area (Å²) in [6.45, 7) is 5.96. The van der Waals surface area contributed by atoms with Gasteiger partial charge >= 0.3 is 0 Å². The molecule has 2 aromatic heterocycles. The third-order valence-electron chi connectivity index (χ3n) is 4.97. The molecule has 0 aliphatic heterocycles.